The van der Waals surface area contributed by atoms with Gasteiger partial charge in [-0.25, -0.2) is 0 Å². The molecule has 0 radical (unpaired) electrons. The summed E-state index contributed by atoms with van der Waals surface area (Å²) in [5, 5.41) is 15.1. The second-order valence-corrected chi connectivity index (χ2v) is 5.17. The van der Waals surface area contributed by atoms with Crippen molar-refractivity contribution in [3.8, 4) is 0 Å². The number of nitrogens with two attached hydrogens (primary N) is 1. The quantitative estimate of drug-likeness (QED) is 0.225. The third kappa shape index (κ3) is 5.34. The molecule has 1 heterocycles. The molecule has 21 heavy (non-hydrogen) atoms. The molecule has 0 spiro atoms. The fourth-order valence-electron chi connectivity index (χ4n) is 2.38. The van der Waals surface area contributed by atoms with Crippen molar-refractivity contribution in [2.24, 2.45) is 10.9 Å². The average molecular weight is 292 g/mol. The van der Waals surface area contributed by atoms with Crippen molar-refractivity contribution in [2.45, 2.75) is 13.0 Å². The lowest BCUT2D eigenvalue weighted by molar-refractivity contribution is 0.0374. The summed E-state index contributed by atoms with van der Waals surface area (Å²) in [6.07, 6.45) is 1.12. The number of nitrogens with zero attached hydrogens (tertiary/aromatic N) is 2. The topological polar surface area (TPSA) is 83.1 Å². The Kier molecular flexibility index (Phi) is 6.46. The minimum Gasteiger partial charge on any atom is -0.409 e. The number of ether oxygens (including phenoxy) is 1. The van der Waals surface area contributed by atoms with E-state index in [-0.39, 0.29) is 5.84 Å². The minimum absolute atomic E-state index is 0.143. The third-order valence-electron chi connectivity index (χ3n) is 3.59. The first-order chi connectivity index (χ1) is 10.3. The molecular formula is C15H24N4O2. The van der Waals surface area contributed by atoms with Crippen LogP contribution in [0.5, 0.6) is 0 Å². The first-order valence-corrected chi connectivity index (χ1v) is 7.37. The second-order valence-electron chi connectivity index (χ2n) is 5.17. The van der Waals surface area contributed by atoms with E-state index >= 15 is 0 Å². The zero-order valence-electron chi connectivity index (χ0n) is 12.3. The van der Waals surface area contributed by atoms with Gasteiger partial charge in [-0.2, -0.15) is 0 Å². The first-order valence-electron chi connectivity index (χ1n) is 7.37. The molecule has 1 aromatic rings. The molecule has 0 atom stereocenters. The molecule has 0 saturated carbocycles. The number of morpholine rings is 1. The van der Waals surface area contributed by atoms with Crippen molar-refractivity contribution in [2.75, 3.05) is 39.4 Å². The zero-order valence-corrected chi connectivity index (χ0v) is 12.3. The van der Waals surface area contributed by atoms with Gasteiger partial charge in [-0.1, -0.05) is 23.4 Å². The van der Waals surface area contributed by atoms with Crippen LogP contribution in [-0.2, 0) is 11.3 Å². The molecule has 1 saturated heterocycles. The van der Waals surface area contributed by atoms with Gasteiger partial charge in [0.05, 0.1) is 13.2 Å². The molecule has 0 unspecified atom stereocenters. The van der Waals surface area contributed by atoms with Gasteiger partial charge in [0, 0.05) is 25.2 Å². The largest absolute Gasteiger partial charge is 0.409 e. The summed E-state index contributed by atoms with van der Waals surface area (Å²) in [6, 6.07) is 7.71. The van der Waals surface area contributed by atoms with Crippen LogP contribution in [0.15, 0.2) is 29.4 Å². The van der Waals surface area contributed by atoms with Crippen LogP contribution >= 0.6 is 0 Å². The monoisotopic (exact) mass is 292 g/mol. The molecule has 0 amide bonds. The standard InChI is InChI=1S/C15H24N4O2/c16-15(18-20)14-4-1-3-13(11-14)12-17-5-2-6-19-7-9-21-10-8-19/h1,3-4,11,17,20H,2,5-10,12H2,(H2,16,18). The summed E-state index contributed by atoms with van der Waals surface area (Å²) < 4.78 is 5.33. The van der Waals surface area contributed by atoms with E-state index in [1.807, 2.05) is 24.3 Å². The second kappa shape index (κ2) is 8.61. The van der Waals surface area contributed by atoms with Crippen LogP contribution < -0.4 is 11.1 Å². The maximum atomic E-state index is 8.68. The Bertz CT molecular complexity index is 459. The highest BCUT2D eigenvalue weighted by atomic mass is 16.5. The van der Waals surface area contributed by atoms with Gasteiger partial charge in [-0.15, -0.1) is 0 Å². The molecule has 6 nitrogen and oxygen atoms in total. The Hall–Kier alpha value is -1.63. The SMILES string of the molecule is NC(=NO)c1cccc(CNCCCN2CCOCC2)c1. The van der Waals surface area contributed by atoms with Crippen molar-refractivity contribution >= 4 is 5.84 Å². The molecule has 1 aliphatic rings. The Labute approximate surface area is 125 Å². The predicted octanol–water partition coefficient (Wildman–Crippen LogP) is 0.593. The van der Waals surface area contributed by atoms with Crippen LogP contribution in [-0.4, -0.2) is 55.3 Å². The van der Waals surface area contributed by atoms with Crippen LogP contribution in [0.3, 0.4) is 0 Å². The Morgan fingerprint density at radius 2 is 2.19 bits per heavy atom. The van der Waals surface area contributed by atoms with E-state index in [1.165, 1.54) is 0 Å². The van der Waals surface area contributed by atoms with E-state index in [2.05, 4.69) is 15.4 Å². The summed E-state index contributed by atoms with van der Waals surface area (Å²) in [5.41, 5.74) is 7.46. The number of oxime groups is 1. The van der Waals surface area contributed by atoms with Crippen molar-refractivity contribution in [3.05, 3.63) is 35.4 Å². The smallest absolute Gasteiger partial charge is 0.170 e. The number of hydrogen-bond donors (Lipinski definition) is 3. The van der Waals surface area contributed by atoms with Crippen LogP contribution in [0, 0.1) is 0 Å². The Morgan fingerprint density at radius 1 is 1.38 bits per heavy atom. The van der Waals surface area contributed by atoms with Gasteiger partial charge < -0.3 is 21.0 Å². The van der Waals surface area contributed by atoms with Gasteiger partial charge in [-0.05, 0) is 31.1 Å². The fraction of sp³-hybridized carbons (Fsp3) is 0.533. The lowest BCUT2D eigenvalue weighted by atomic mass is 10.1. The molecule has 4 N–H and O–H groups in total. The van der Waals surface area contributed by atoms with Crippen LogP contribution in [0.2, 0.25) is 0 Å². The van der Waals surface area contributed by atoms with E-state index < -0.39 is 0 Å². The first kappa shape index (κ1) is 15.8. The maximum absolute atomic E-state index is 8.68. The highest BCUT2D eigenvalue weighted by molar-refractivity contribution is 5.97. The summed E-state index contributed by atoms with van der Waals surface area (Å²) in [7, 11) is 0. The predicted molar refractivity (Wildman–Crippen MR) is 82.5 cm³/mol. The normalized spacial score (nSPS) is 17.0. The van der Waals surface area contributed by atoms with Gasteiger partial charge >= 0.3 is 0 Å². The molecule has 1 aromatic carbocycles. The molecular weight excluding hydrogens is 268 g/mol. The number of nitrogens with one attached hydrogen (secondary N) is 1. The molecule has 2 rings (SSSR count). The van der Waals surface area contributed by atoms with Crippen LogP contribution in [0.4, 0.5) is 0 Å². The van der Waals surface area contributed by atoms with Gasteiger partial charge in [0.25, 0.3) is 0 Å². The van der Waals surface area contributed by atoms with E-state index in [9.17, 15) is 0 Å². The average Bonchev–Trinajstić information content (AvgIpc) is 2.55. The summed E-state index contributed by atoms with van der Waals surface area (Å²) in [6.45, 7) is 6.67. The highest BCUT2D eigenvalue weighted by Crippen LogP contribution is 2.05. The van der Waals surface area contributed by atoms with Crippen molar-refractivity contribution in [1.29, 1.82) is 0 Å². The Morgan fingerprint density at radius 3 is 2.95 bits per heavy atom. The number of rotatable bonds is 7. The summed E-state index contributed by atoms with van der Waals surface area (Å²) in [4.78, 5) is 2.43. The molecule has 0 bridgehead atoms. The van der Waals surface area contributed by atoms with Crippen molar-refractivity contribution in [1.82, 2.24) is 10.2 Å². The van der Waals surface area contributed by atoms with E-state index in [0.717, 1.165) is 63.5 Å². The fourth-order valence-corrected chi connectivity index (χ4v) is 2.38. The van der Waals surface area contributed by atoms with Crippen molar-refractivity contribution in [3.63, 3.8) is 0 Å². The van der Waals surface area contributed by atoms with E-state index in [0.29, 0.717) is 0 Å². The maximum Gasteiger partial charge on any atom is 0.170 e. The highest BCUT2D eigenvalue weighted by Gasteiger charge is 2.08. The van der Waals surface area contributed by atoms with Gasteiger partial charge in [0.2, 0.25) is 0 Å². The molecule has 0 aromatic heterocycles. The lowest BCUT2D eigenvalue weighted by Crippen LogP contribution is -2.37. The number of benzene rings is 1. The van der Waals surface area contributed by atoms with Crippen molar-refractivity contribution < 1.29 is 9.94 Å². The number of amidine groups is 1. The van der Waals surface area contributed by atoms with Crippen LogP contribution in [0.25, 0.3) is 0 Å². The third-order valence-corrected chi connectivity index (χ3v) is 3.59. The van der Waals surface area contributed by atoms with E-state index in [4.69, 9.17) is 15.7 Å². The van der Waals surface area contributed by atoms with Gasteiger partial charge in [0.15, 0.2) is 5.84 Å². The summed E-state index contributed by atoms with van der Waals surface area (Å²) in [5.74, 6) is 0.143. The lowest BCUT2D eigenvalue weighted by Gasteiger charge is -2.26. The molecule has 116 valence electrons. The zero-order chi connectivity index (χ0) is 14.9. The van der Waals surface area contributed by atoms with Crippen LogP contribution in [0.1, 0.15) is 17.5 Å². The molecule has 1 fully saturated rings. The summed E-state index contributed by atoms with van der Waals surface area (Å²) >= 11 is 0. The Balaban J connectivity index is 1.66. The van der Waals surface area contributed by atoms with E-state index in [1.54, 1.807) is 0 Å². The molecule has 0 aliphatic carbocycles. The molecule has 1 aliphatic heterocycles. The molecule has 6 heteroatoms. The number of hydrogen-bond acceptors (Lipinski definition) is 5. The van der Waals surface area contributed by atoms with Gasteiger partial charge in [-0.3, -0.25) is 4.90 Å². The van der Waals surface area contributed by atoms with Gasteiger partial charge in [0.1, 0.15) is 0 Å². The minimum atomic E-state index is 0.143.